The van der Waals surface area contributed by atoms with Gasteiger partial charge in [-0.15, -0.1) is 0 Å². The third-order valence-electron chi connectivity index (χ3n) is 4.04. The fourth-order valence-electron chi connectivity index (χ4n) is 2.77. The summed E-state index contributed by atoms with van der Waals surface area (Å²) in [5.74, 6) is -0.355. The molecule has 0 amide bonds. The summed E-state index contributed by atoms with van der Waals surface area (Å²) in [6.45, 7) is 5.68. The number of ether oxygens (including phenoxy) is 1. The largest absolute Gasteiger partial charge is 0.386 e. The molecule has 1 aliphatic rings. The normalized spacial score (nSPS) is 15.3. The highest BCUT2D eigenvalue weighted by Crippen LogP contribution is 2.33. The molecule has 1 saturated heterocycles. The van der Waals surface area contributed by atoms with E-state index in [1.165, 1.54) is 13.8 Å². The first-order valence-electron chi connectivity index (χ1n) is 8.13. The van der Waals surface area contributed by atoms with Crippen LogP contribution in [0.1, 0.15) is 19.4 Å². The Labute approximate surface area is 145 Å². The quantitative estimate of drug-likeness (QED) is 0.888. The number of rotatable bonds is 4. The average Bonchev–Trinajstić information content (AvgIpc) is 2.57. The SMILES string of the molecule is CC(C)(O)c1cc(F)cc(F)c1Nc1cccc(N2CCOCC2)n1. The number of aliphatic hydroxyl groups is 1. The van der Waals surface area contributed by atoms with Gasteiger partial charge in [0, 0.05) is 24.7 Å². The van der Waals surface area contributed by atoms with Crippen molar-refractivity contribution in [3.8, 4) is 0 Å². The lowest BCUT2D eigenvalue weighted by atomic mass is 9.96. The topological polar surface area (TPSA) is 57.6 Å². The van der Waals surface area contributed by atoms with E-state index in [0.29, 0.717) is 19.0 Å². The van der Waals surface area contributed by atoms with Crippen molar-refractivity contribution in [3.63, 3.8) is 0 Å². The van der Waals surface area contributed by atoms with Gasteiger partial charge in [0.25, 0.3) is 0 Å². The van der Waals surface area contributed by atoms with Gasteiger partial charge in [0.05, 0.1) is 24.5 Å². The molecule has 7 heteroatoms. The van der Waals surface area contributed by atoms with Crippen LogP contribution in [0.2, 0.25) is 0 Å². The van der Waals surface area contributed by atoms with Crippen molar-refractivity contribution >= 4 is 17.3 Å². The molecule has 2 N–H and O–H groups in total. The van der Waals surface area contributed by atoms with E-state index in [9.17, 15) is 13.9 Å². The number of anilines is 3. The molecule has 2 heterocycles. The molecule has 0 bridgehead atoms. The van der Waals surface area contributed by atoms with E-state index in [1.807, 2.05) is 12.1 Å². The Kier molecular flexibility index (Phi) is 4.87. The zero-order chi connectivity index (χ0) is 18.0. The Morgan fingerprint density at radius 1 is 1.20 bits per heavy atom. The molecule has 5 nitrogen and oxygen atoms in total. The lowest BCUT2D eigenvalue weighted by Gasteiger charge is -2.28. The number of benzene rings is 1. The number of nitrogens with one attached hydrogen (secondary N) is 1. The fourth-order valence-corrected chi connectivity index (χ4v) is 2.77. The monoisotopic (exact) mass is 349 g/mol. The number of hydrogen-bond acceptors (Lipinski definition) is 5. The van der Waals surface area contributed by atoms with Crippen molar-refractivity contribution in [1.82, 2.24) is 4.98 Å². The summed E-state index contributed by atoms with van der Waals surface area (Å²) in [6.07, 6.45) is 0. The molecule has 1 aromatic carbocycles. The molecule has 25 heavy (non-hydrogen) atoms. The Bertz CT molecular complexity index is 756. The van der Waals surface area contributed by atoms with Gasteiger partial charge in [-0.25, -0.2) is 13.8 Å². The molecule has 0 atom stereocenters. The third-order valence-corrected chi connectivity index (χ3v) is 4.04. The molecule has 1 aliphatic heterocycles. The minimum Gasteiger partial charge on any atom is -0.386 e. The van der Waals surface area contributed by atoms with Crippen molar-refractivity contribution in [2.75, 3.05) is 36.5 Å². The highest BCUT2D eigenvalue weighted by Gasteiger charge is 2.24. The standard InChI is InChI=1S/C18H21F2N3O2/c1-18(2,24)13-10-12(19)11-14(20)17(13)22-15-4-3-5-16(21-15)23-6-8-25-9-7-23/h3-5,10-11,24H,6-9H2,1-2H3,(H,21,22). The Morgan fingerprint density at radius 3 is 2.60 bits per heavy atom. The lowest BCUT2D eigenvalue weighted by Crippen LogP contribution is -2.36. The number of halogens is 2. The lowest BCUT2D eigenvalue weighted by molar-refractivity contribution is 0.0787. The van der Waals surface area contributed by atoms with Crippen molar-refractivity contribution in [2.24, 2.45) is 0 Å². The van der Waals surface area contributed by atoms with E-state index in [-0.39, 0.29) is 11.3 Å². The zero-order valence-electron chi connectivity index (χ0n) is 14.2. The average molecular weight is 349 g/mol. The van der Waals surface area contributed by atoms with Crippen molar-refractivity contribution in [2.45, 2.75) is 19.4 Å². The highest BCUT2D eigenvalue weighted by molar-refractivity contribution is 5.64. The third kappa shape index (κ3) is 4.05. The molecule has 3 rings (SSSR count). The van der Waals surface area contributed by atoms with Gasteiger partial charge in [-0.1, -0.05) is 6.07 Å². The molecule has 0 radical (unpaired) electrons. The number of nitrogens with zero attached hydrogens (tertiary/aromatic N) is 2. The molecule has 1 aromatic heterocycles. The molecule has 2 aromatic rings. The summed E-state index contributed by atoms with van der Waals surface area (Å²) >= 11 is 0. The highest BCUT2D eigenvalue weighted by atomic mass is 19.1. The van der Waals surface area contributed by atoms with Crippen LogP contribution >= 0.6 is 0 Å². The minimum atomic E-state index is -1.41. The van der Waals surface area contributed by atoms with Crippen LogP contribution in [0.15, 0.2) is 30.3 Å². The molecule has 0 unspecified atom stereocenters. The molecule has 134 valence electrons. The molecule has 0 spiro atoms. The first kappa shape index (κ1) is 17.6. The summed E-state index contributed by atoms with van der Waals surface area (Å²) in [5, 5.41) is 13.1. The van der Waals surface area contributed by atoms with E-state index in [4.69, 9.17) is 4.74 Å². The Balaban J connectivity index is 1.92. The van der Waals surface area contributed by atoms with Crippen LogP contribution in [0.25, 0.3) is 0 Å². The van der Waals surface area contributed by atoms with Gasteiger partial charge in [0.2, 0.25) is 0 Å². The predicted octanol–water partition coefficient (Wildman–Crippen LogP) is 3.17. The van der Waals surface area contributed by atoms with E-state index < -0.39 is 17.2 Å². The van der Waals surface area contributed by atoms with Crippen molar-refractivity contribution < 1.29 is 18.6 Å². The maximum Gasteiger partial charge on any atom is 0.149 e. The summed E-state index contributed by atoms with van der Waals surface area (Å²) in [6, 6.07) is 7.28. The first-order valence-corrected chi connectivity index (χ1v) is 8.13. The molecular weight excluding hydrogens is 328 g/mol. The first-order chi connectivity index (χ1) is 11.8. The summed E-state index contributed by atoms with van der Waals surface area (Å²) in [7, 11) is 0. The van der Waals surface area contributed by atoms with E-state index >= 15 is 0 Å². The van der Waals surface area contributed by atoms with Gasteiger partial charge in [0.1, 0.15) is 23.3 Å². The van der Waals surface area contributed by atoms with Crippen molar-refractivity contribution in [3.05, 3.63) is 47.5 Å². The number of morpholine rings is 1. The van der Waals surface area contributed by atoms with Gasteiger partial charge in [-0.2, -0.15) is 0 Å². The van der Waals surface area contributed by atoms with E-state index in [1.54, 1.807) is 6.07 Å². The van der Waals surface area contributed by atoms with Gasteiger partial charge in [-0.3, -0.25) is 0 Å². The maximum atomic E-state index is 14.3. The van der Waals surface area contributed by atoms with Gasteiger partial charge >= 0.3 is 0 Å². The summed E-state index contributed by atoms with van der Waals surface area (Å²) in [4.78, 5) is 6.57. The number of hydrogen-bond donors (Lipinski definition) is 2. The van der Waals surface area contributed by atoms with Gasteiger partial charge in [0.15, 0.2) is 0 Å². The molecular formula is C18H21F2N3O2. The number of pyridine rings is 1. The van der Waals surface area contributed by atoms with E-state index in [2.05, 4.69) is 15.2 Å². The molecule has 1 fully saturated rings. The van der Waals surface area contributed by atoms with Crippen molar-refractivity contribution in [1.29, 1.82) is 0 Å². The number of aromatic nitrogens is 1. The fraction of sp³-hybridized carbons (Fsp3) is 0.389. The predicted molar refractivity (Wildman–Crippen MR) is 92.2 cm³/mol. The molecule has 0 saturated carbocycles. The van der Waals surface area contributed by atoms with Crippen LogP contribution in [-0.4, -0.2) is 36.4 Å². The van der Waals surface area contributed by atoms with E-state index in [0.717, 1.165) is 31.0 Å². The second-order valence-corrected chi connectivity index (χ2v) is 6.47. The van der Waals surface area contributed by atoms with Crippen LogP contribution in [0, 0.1) is 11.6 Å². The second kappa shape index (κ2) is 6.93. The van der Waals surface area contributed by atoms with Crippen LogP contribution in [0.5, 0.6) is 0 Å². The smallest absolute Gasteiger partial charge is 0.149 e. The van der Waals surface area contributed by atoms with Gasteiger partial charge < -0.3 is 20.1 Å². The minimum absolute atomic E-state index is 0.0144. The Hall–Kier alpha value is -2.25. The van der Waals surface area contributed by atoms with Crippen LogP contribution < -0.4 is 10.2 Å². The van der Waals surface area contributed by atoms with Crippen LogP contribution in [0.3, 0.4) is 0 Å². The van der Waals surface area contributed by atoms with Gasteiger partial charge in [-0.05, 0) is 32.0 Å². The zero-order valence-corrected chi connectivity index (χ0v) is 14.2. The summed E-state index contributed by atoms with van der Waals surface area (Å²) in [5.41, 5.74) is -1.27. The summed E-state index contributed by atoms with van der Waals surface area (Å²) < 4.78 is 33.2. The van der Waals surface area contributed by atoms with Crippen LogP contribution in [-0.2, 0) is 10.3 Å². The van der Waals surface area contributed by atoms with Crippen LogP contribution in [0.4, 0.5) is 26.1 Å². The second-order valence-electron chi connectivity index (χ2n) is 6.47. The molecule has 0 aliphatic carbocycles. The Morgan fingerprint density at radius 2 is 1.92 bits per heavy atom. The maximum absolute atomic E-state index is 14.3.